The summed E-state index contributed by atoms with van der Waals surface area (Å²) in [6, 6.07) is 5.59. The van der Waals surface area contributed by atoms with Crippen LogP contribution in [0.2, 0.25) is 5.02 Å². The van der Waals surface area contributed by atoms with Gasteiger partial charge < -0.3 is 10.6 Å². The second-order valence-electron chi connectivity index (χ2n) is 4.64. The van der Waals surface area contributed by atoms with Crippen molar-refractivity contribution in [2.24, 2.45) is 0 Å². The van der Waals surface area contributed by atoms with Crippen LogP contribution in [0.3, 0.4) is 0 Å². The lowest BCUT2D eigenvalue weighted by Crippen LogP contribution is -2.07. The smallest absolute Gasteiger partial charge is 0.139 e. The van der Waals surface area contributed by atoms with Crippen LogP contribution in [0.5, 0.6) is 0 Å². The molecule has 2 rings (SSSR count). The first-order chi connectivity index (χ1) is 9.52. The van der Waals surface area contributed by atoms with E-state index in [-0.39, 0.29) is 0 Å². The zero-order chi connectivity index (χ0) is 14.7. The molecule has 0 bridgehead atoms. The van der Waals surface area contributed by atoms with Gasteiger partial charge in [-0.05, 0) is 40.0 Å². The molecule has 0 aliphatic heterocycles. The Morgan fingerprint density at radius 3 is 2.55 bits per heavy atom. The molecule has 106 valence electrons. The van der Waals surface area contributed by atoms with E-state index in [4.69, 9.17) is 11.6 Å². The van der Waals surface area contributed by atoms with Crippen LogP contribution >= 0.6 is 27.5 Å². The Labute approximate surface area is 132 Å². The maximum atomic E-state index is 6.04. The molecule has 0 amide bonds. The van der Waals surface area contributed by atoms with E-state index in [0.29, 0.717) is 10.9 Å². The molecule has 0 aliphatic rings. The largest absolute Gasteiger partial charge is 0.373 e. The minimum absolute atomic E-state index is 0.291. The molecule has 0 saturated heterocycles. The van der Waals surface area contributed by atoms with Gasteiger partial charge in [-0.15, -0.1) is 0 Å². The van der Waals surface area contributed by atoms with E-state index < -0.39 is 0 Å². The summed E-state index contributed by atoms with van der Waals surface area (Å²) in [5.41, 5.74) is 1.92. The molecule has 0 atom stereocenters. The third kappa shape index (κ3) is 3.22. The van der Waals surface area contributed by atoms with Crippen molar-refractivity contribution in [2.45, 2.75) is 19.8 Å². The summed E-state index contributed by atoms with van der Waals surface area (Å²) in [6.07, 6.45) is 1.54. The predicted molar refractivity (Wildman–Crippen MR) is 88.1 cm³/mol. The van der Waals surface area contributed by atoms with Crippen molar-refractivity contribution in [2.75, 3.05) is 17.7 Å². The maximum absolute atomic E-state index is 6.04. The number of nitrogens with zero attached hydrogens (tertiary/aromatic N) is 2. The third-order valence-electron chi connectivity index (χ3n) is 2.88. The Hall–Kier alpha value is -1.33. The molecule has 1 aromatic heterocycles. The van der Waals surface area contributed by atoms with Crippen LogP contribution < -0.4 is 10.6 Å². The van der Waals surface area contributed by atoms with Gasteiger partial charge in [0.15, 0.2) is 0 Å². The van der Waals surface area contributed by atoms with Crippen molar-refractivity contribution in [1.29, 1.82) is 0 Å². The van der Waals surface area contributed by atoms with Crippen molar-refractivity contribution in [3.8, 4) is 0 Å². The zero-order valence-corrected chi connectivity index (χ0v) is 13.9. The van der Waals surface area contributed by atoms with E-state index in [1.54, 1.807) is 6.33 Å². The third-order valence-corrected chi connectivity index (χ3v) is 3.81. The molecule has 4 nitrogen and oxygen atoms in total. The van der Waals surface area contributed by atoms with Gasteiger partial charge in [0.05, 0.1) is 5.69 Å². The molecule has 0 radical (unpaired) electrons. The number of anilines is 3. The zero-order valence-electron chi connectivity index (χ0n) is 11.5. The molecule has 0 saturated carbocycles. The van der Waals surface area contributed by atoms with Gasteiger partial charge in [-0.3, -0.25) is 0 Å². The highest BCUT2D eigenvalue weighted by atomic mass is 79.9. The van der Waals surface area contributed by atoms with Gasteiger partial charge in [0.1, 0.15) is 18.0 Å². The number of hydrogen-bond donors (Lipinski definition) is 2. The lowest BCUT2D eigenvalue weighted by molar-refractivity contribution is 0.852. The van der Waals surface area contributed by atoms with E-state index in [2.05, 4.69) is 50.4 Å². The van der Waals surface area contributed by atoms with Crippen molar-refractivity contribution in [3.63, 3.8) is 0 Å². The molecule has 6 heteroatoms. The molecule has 0 unspecified atom stereocenters. The molecular formula is C14H16BrClN4. The molecular weight excluding hydrogens is 340 g/mol. The van der Waals surface area contributed by atoms with Crippen LogP contribution in [-0.4, -0.2) is 17.0 Å². The lowest BCUT2D eigenvalue weighted by Gasteiger charge is -2.17. The Bertz CT molecular complexity index is 616. The molecule has 1 heterocycles. The highest BCUT2D eigenvalue weighted by Crippen LogP contribution is 2.33. The number of halogens is 2. The highest BCUT2D eigenvalue weighted by molar-refractivity contribution is 9.10. The summed E-state index contributed by atoms with van der Waals surface area (Å²) in [6.45, 7) is 4.22. The molecule has 20 heavy (non-hydrogen) atoms. The second-order valence-corrected chi connectivity index (χ2v) is 5.93. The number of nitrogens with one attached hydrogen (secondary N) is 2. The Balaban J connectivity index is 2.45. The average molecular weight is 356 g/mol. The monoisotopic (exact) mass is 354 g/mol. The Morgan fingerprint density at radius 2 is 1.90 bits per heavy atom. The summed E-state index contributed by atoms with van der Waals surface area (Å²) < 4.78 is 0.932. The number of aromatic nitrogens is 2. The van der Waals surface area contributed by atoms with Gasteiger partial charge in [0.2, 0.25) is 0 Å². The first-order valence-corrected chi connectivity index (χ1v) is 7.44. The van der Waals surface area contributed by atoms with Gasteiger partial charge in [-0.1, -0.05) is 25.4 Å². The first-order valence-electron chi connectivity index (χ1n) is 6.27. The molecule has 0 spiro atoms. The average Bonchev–Trinajstić information content (AvgIpc) is 2.42. The fourth-order valence-electron chi connectivity index (χ4n) is 1.96. The quantitative estimate of drug-likeness (QED) is 0.827. The summed E-state index contributed by atoms with van der Waals surface area (Å²) in [5.74, 6) is 1.90. The van der Waals surface area contributed by atoms with Gasteiger partial charge in [-0.2, -0.15) is 0 Å². The topological polar surface area (TPSA) is 49.8 Å². The van der Waals surface area contributed by atoms with Crippen molar-refractivity contribution in [1.82, 2.24) is 9.97 Å². The number of hydrogen-bond acceptors (Lipinski definition) is 4. The predicted octanol–water partition coefficient (Wildman–Crippen LogP) is 4.80. The molecule has 2 N–H and O–H groups in total. The second kappa shape index (κ2) is 6.41. The van der Waals surface area contributed by atoms with E-state index in [1.165, 1.54) is 0 Å². The van der Waals surface area contributed by atoms with Crippen molar-refractivity contribution >= 4 is 44.9 Å². The van der Waals surface area contributed by atoms with Crippen LogP contribution in [0.1, 0.15) is 25.3 Å². The maximum Gasteiger partial charge on any atom is 0.139 e. The Morgan fingerprint density at radius 1 is 1.20 bits per heavy atom. The highest BCUT2D eigenvalue weighted by Gasteiger charge is 2.15. The van der Waals surface area contributed by atoms with Crippen LogP contribution in [0.15, 0.2) is 29.0 Å². The van der Waals surface area contributed by atoms with Crippen LogP contribution in [0.4, 0.5) is 17.3 Å². The van der Waals surface area contributed by atoms with Crippen LogP contribution in [0.25, 0.3) is 0 Å². The summed E-state index contributed by atoms with van der Waals surface area (Å²) in [4.78, 5) is 8.61. The summed E-state index contributed by atoms with van der Waals surface area (Å²) in [7, 11) is 1.85. The van der Waals surface area contributed by atoms with Gasteiger partial charge in [0, 0.05) is 22.1 Å². The van der Waals surface area contributed by atoms with Crippen molar-refractivity contribution in [3.05, 3.63) is 39.6 Å². The molecule has 0 fully saturated rings. The number of rotatable bonds is 4. The molecule has 1 aromatic carbocycles. The normalized spacial score (nSPS) is 10.7. The van der Waals surface area contributed by atoms with Crippen molar-refractivity contribution < 1.29 is 0 Å². The van der Waals surface area contributed by atoms with E-state index in [9.17, 15) is 0 Å². The van der Waals surface area contributed by atoms with Crippen LogP contribution in [-0.2, 0) is 0 Å². The van der Waals surface area contributed by atoms with E-state index in [0.717, 1.165) is 27.4 Å². The van der Waals surface area contributed by atoms with Gasteiger partial charge in [0.25, 0.3) is 0 Å². The van der Waals surface area contributed by atoms with E-state index in [1.807, 2.05) is 25.2 Å². The Kier molecular flexibility index (Phi) is 4.83. The SMILES string of the molecule is CNc1ncnc(Nc2cc(Cl)ccc2Br)c1C(C)C. The van der Waals surface area contributed by atoms with E-state index >= 15 is 0 Å². The minimum atomic E-state index is 0.291. The molecule has 0 aliphatic carbocycles. The standard InChI is InChI=1S/C14H16BrClN4/c1-8(2)12-13(17-3)18-7-19-14(12)20-11-6-9(16)4-5-10(11)15/h4-8H,1-3H3,(H2,17,18,19,20). The number of benzene rings is 1. The first kappa shape index (κ1) is 15.1. The fraction of sp³-hybridized carbons (Fsp3) is 0.286. The fourth-order valence-corrected chi connectivity index (χ4v) is 2.48. The lowest BCUT2D eigenvalue weighted by atomic mass is 10.0. The molecule has 2 aromatic rings. The summed E-state index contributed by atoms with van der Waals surface area (Å²) >= 11 is 9.54. The van der Waals surface area contributed by atoms with Crippen LogP contribution in [0, 0.1) is 0 Å². The minimum Gasteiger partial charge on any atom is -0.373 e. The van der Waals surface area contributed by atoms with Gasteiger partial charge in [-0.25, -0.2) is 9.97 Å². The summed E-state index contributed by atoms with van der Waals surface area (Å²) in [5, 5.41) is 7.09. The van der Waals surface area contributed by atoms with Gasteiger partial charge >= 0.3 is 0 Å².